The summed E-state index contributed by atoms with van der Waals surface area (Å²) >= 11 is 3.32. The van der Waals surface area contributed by atoms with Crippen LogP contribution in [0.1, 0.15) is 6.92 Å². The van der Waals surface area contributed by atoms with Crippen molar-refractivity contribution < 1.29 is 19.1 Å². The summed E-state index contributed by atoms with van der Waals surface area (Å²) in [4.78, 5) is 38.0. The monoisotopic (exact) mass is 365 g/mol. The molecule has 2 heterocycles. The van der Waals surface area contributed by atoms with Gasteiger partial charge in [-0.1, -0.05) is 12.1 Å². The molecule has 0 unspecified atom stereocenters. The molecular formula is C14H12BrN3O4. The number of nitrogens with zero attached hydrogens (tertiary/aromatic N) is 2. The van der Waals surface area contributed by atoms with Gasteiger partial charge in [-0.15, -0.1) is 0 Å². The Bertz CT molecular complexity index is 703. The number of hydrazone groups is 1. The first kappa shape index (κ1) is 14.7. The predicted molar refractivity (Wildman–Crippen MR) is 81.1 cm³/mol. The van der Waals surface area contributed by atoms with Gasteiger partial charge in [-0.3, -0.25) is 15.0 Å². The lowest BCUT2D eigenvalue weighted by molar-refractivity contribution is -0.136. The maximum atomic E-state index is 12.6. The Hall–Kier alpha value is -2.22. The van der Waals surface area contributed by atoms with E-state index in [0.29, 0.717) is 10.2 Å². The molecule has 22 heavy (non-hydrogen) atoms. The number of hydrogen-bond acceptors (Lipinski definition) is 6. The topological polar surface area (TPSA) is 88.1 Å². The number of para-hydroxylation sites is 1. The number of nitrogens with one attached hydrogen (secondary N) is 1. The Balaban J connectivity index is 1.95. The van der Waals surface area contributed by atoms with Crippen LogP contribution in [0, 0.1) is 5.92 Å². The Morgan fingerprint density at radius 1 is 1.36 bits per heavy atom. The Labute approximate surface area is 134 Å². The molecule has 0 radical (unpaired) electrons. The van der Waals surface area contributed by atoms with Crippen molar-refractivity contribution in [2.75, 3.05) is 11.5 Å². The van der Waals surface area contributed by atoms with E-state index in [4.69, 9.17) is 4.74 Å². The third-order valence-electron chi connectivity index (χ3n) is 3.50. The summed E-state index contributed by atoms with van der Waals surface area (Å²) in [5.41, 5.74) is 2.95. The van der Waals surface area contributed by atoms with E-state index in [0.717, 1.165) is 4.90 Å². The summed E-state index contributed by atoms with van der Waals surface area (Å²) in [6, 6.07) is 6.03. The van der Waals surface area contributed by atoms with Crippen LogP contribution in [0.5, 0.6) is 0 Å². The van der Waals surface area contributed by atoms with E-state index in [9.17, 15) is 14.4 Å². The smallest absolute Gasteiger partial charge is 0.355 e. The van der Waals surface area contributed by atoms with Gasteiger partial charge in [0, 0.05) is 4.47 Å². The minimum Gasteiger partial charge on any atom is -0.461 e. The van der Waals surface area contributed by atoms with E-state index in [1.165, 1.54) is 0 Å². The number of amides is 2. The molecule has 1 fully saturated rings. The molecule has 1 saturated heterocycles. The second-order valence-corrected chi connectivity index (χ2v) is 5.62. The van der Waals surface area contributed by atoms with Gasteiger partial charge in [0.2, 0.25) is 5.91 Å². The highest BCUT2D eigenvalue weighted by atomic mass is 79.9. The van der Waals surface area contributed by atoms with Crippen molar-refractivity contribution in [3.05, 3.63) is 28.7 Å². The van der Waals surface area contributed by atoms with Crippen LogP contribution in [-0.2, 0) is 19.1 Å². The molecule has 8 heteroatoms. The highest BCUT2D eigenvalue weighted by Crippen LogP contribution is 2.34. The van der Waals surface area contributed by atoms with Gasteiger partial charge in [0.1, 0.15) is 12.0 Å². The van der Waals surface area contributed by atoms with Gasteiger partial charge in [-0.05, 0) is 35.0 Å². The highest BCUT2D eigenvalue weighted by molar-refractivity contribution is 9.10. The van der Waals surface area contributed by atoms with Crippen LogP contribution in [-0.4, -0.2) is 36.1 Å². The molecule has 2 atom stereocenters. The number of benzene rings is 1. The van der Waals surface area contributed by atoms with Gasteiger partial charge < -0.3 is 4.74 Å². The summed E-state index contributed by atoms with van der Waals surface area (Å²) in [6.45, 7) is 1.83. The minimum absolute atomic E-state index is 0.0558. The second kappa shape index (κ2) is 5.53. The van der Waals surface area contributed by atoms with Crippen LogP contribution in [0.25, 0.3) is 0 Å². The van der Waals surface area contributed by atoms with Crippen molar-refractivity contribution in [3.63, 3.8) is 0 Å². The molecule has 0 saturated carbocycles. The molecule has 2 amide bonds. The van der Waals surface area contributed by atoms with Crippen LogP contribution in [0.15, 0.2) is 33.8 Å². The van der Waals surface area contributed by atoms with E-state index >= 15 is 0 Å². The highest BCUT2D eigenvalue weighted by Gasteiger charge is 2.56. The molecule has 1 N–H and O–H groups in total. The number of fused-ring (bicyclic) bond motifs is 1. The number of rotatable bonds is 3. The molecule has 7 nitrogen and oxygen atoms in total. The second-order valence-electron chi connectivity index (χ2n) is 4.77. The number of esters is 1. The van der Waals surface area contributed by atoms with Crippen molar-refractivity contribution in [1.29, 1.82) is 0 Å². The SMILES string of the molecule is CCOC(=O)C1=NN[C@H]2C(=O)N(c3ccccc3Br)C(=O)[C@@H]12. The quantitative estimate of drug-likeness (QED) is 0.633. The zero-order chi connectivity index (χ0) is 15.9. The first-order valence-corrected chi connectivity index (χ1v) is 7.48. The molecule has 3 rings (SSSR count). The number of hydrogen-bond donors (Lipinski definition) is 1. The van der Waals surface area contributed by atoms with Gasteiger partial charge in [-0.2, -0.15) is 5.10 Å². The average molecular weight is 366 g/mol. The van der Waals surface area contributed by atoms with Gasteiger partial charge in [0.25, 0.3) is 5.91 Å². The molecule has 1 aromatic rings. The van der Waals surface area contributed by atoms with E-state index in [-0.39, 0.29) is 12.3 Å². The van der Waals surface area contributed by atoms with Crippen LogP contribution in [0.2, 0.25) is 0 Å². The molecular weight excluding hydrogens is 354 g/mol. The number of halogens is 1. The molecule has 2 aliphatic rings. The first-order chi connectivity index (χ1) is 10.6. The summed E-state index contributed by atoms with van der Waals surface area (Å²) in [5.74, 6) is -2.56. The van der Waals surface area contributed by atoms with Gasteiger partial charge in [0.05, 0.1) is 12.3 Å². The van der Waals surface area contributed by atoms with Crippen molar-refractivity contribution in [3.8, 4) is 0 Å². The van der Waals surface area contributed by atoms with E-state index < -0.39 is 29.7 Å². The largest absolute Gasteiger partial charge is 0.461 e. The summed E-state index contributed by atoms with van der Waals surface area (Å²) in [7, 11) is 0. The third-order valence-corrected chi connectivity index (χ3v) is 4.17. The normalized spacial score (nSPS) is 23.2. The Kier molecular flexibility index (Phi) is 3.69. The lowest BCUT2D eigenvalue weighted by atomic mass is 9.99. The van der Waals surface area contributed by atoms with Crippen molar-refractivity contribution in [2.24, 2.45) is 11.0 Å². The molecule has 0 spiro atoms. The zero-order valence-electron chi connectivity index (χ0n) is 11.6. The van der Waals surface area contributed by atoms with Crippen molar-refractivity contribution in [2.45, 2.75) is 13.0 Å². The third kappa shape index (κ3) is 2.10. The molecule has 1 aromatic carbocycles. The number of carbonyl (C=O) groups excluding carboxylic acids is 3. The Morgan fingerprint density at radius 2 is 2.09 bits per heavy atom. The van der Waals surface area contributed by atoms with Crippen LogP contribution < -0.4 is 10.3 Å². The first-order valence-electron chi connectivity index (χ1n) is 6.68. The molecule has 2 aliphatic heterocycles. The number of carbonyl (C=O) groups is 3. The number of anilines is 1. The van der Waals surface area contributed by atoms with Crippen LogP contribution in [0.3, 0.4) is 0 Å². The predicted octanol–water partition coefficient (Wildman–Crippen LogP) is 0.829. The molecule has 0 aromatic heterocycles. The van der Waals surface area contributed by atoms with E-state index in [1.807, 2.05) is 0 Å². The van der Waals surface area contributed by atoms with Gasteiger partial charge >= 0.3 is 5.97 Å². The Morgan fingerprint density at radius 3 is 2.77 bits per heavy atom. The zero-order valence-corrected chi connectivity index (χ0v) is 13.2. The van der Waals surface area contributed by atoms with E-state index in [2.05, 4.69) is 26.5 Å². The van der Waals surface area contributed by atoms with Crippen molar-refractivity contribution >= 4 is 45.1 Å². The van der Waals surface area contributed by atoms with Crippen LogP contribution in [0.4, 0.5) is 5.69 Å². The summed E-state index contributed by atoms with van der Waals surface area (Å²) in [6.07, 6.45) is 0. The van der Waals surface area contributed by atoms with Gasteiger partial charge in [0.15, 0.2) is 5.71 Å². The maximum Gasteiger partial charge on any atom is 0.355 e. The van der Waals surface area contributed by atoms with Crippen molar-refractivity contribution in [1.82, 2.24) is 5.43 Å². The van der Waals surface area contributed by atoms with E-state index in [1.54, 1.807) is 31.2 Å². The fraction of sp³-hybridized carbons (Fsp3) is 0.286. The lowest BCUT2D eigenvalue weighted by Crippen LogP contribution is -2.36. The molecule has 114 valence electrons. The summed E-state index contributed by atoms with van der Waals surface area (Å²) in [5, 5.41) is 3.80. The maximum absolute atomic E-state index is 12.6. The fourth-order valence-corrected chi connectivity index (χ4v) is 3.00. The van der Waals surface area contributed by atoms with Crippen LogP contribution >= 0.6 is 15.9 Å². The number of ether oxygens (including phenoxy) is 1. The fourth-order valence-electron chi connectivity index (χ4n) is 2.53. The average Bonchev–Trinajstić information content (AvgIpc) is 3.02. The summed E-state index contributed by atoms with van der Waals surface area (Å²) < 4.78 is 5.50. The molecule has 0 aliphatic carbocycles. The lowest BCUT2D eigenvalue weighted by Gasteiger charge is -2.17. The van der Waals surface area contributed by atoms with Gasteiger partial charge in [-0.25, -0.2) is 9.69 Å². The molecule has 0 bridgehead atoms. The minimum atomic E-state index is -0.946. The standard InChI is InChI=1S/C14H12BrN3O4/c1-2-22-14(21)11-9-10(16-17-11)13(20)18(12(9)19)8-6-4-3-5-7(8)15/h3-6,9-10,16H,2H2,1H3/t9-,10-/m1/s1. The number of imide groups is 1.